The number of imidazole rings is 1. The maximum absolute atomic E-state index is 13.5. The quantitative estimate of drug-likeness (QED) is 0.376. The molecular formula is C26H21F3N4O. The van der Waals surface area contributed by atoms with E-state index in [4.69, 9.17) is 0 Å². The summed E-state index contributed by atoms with van der Waals surface area (Å²) in [6, 6.07) is 19.6. The van der Waals surface area contributed by atoms with Gasteiger partial charge in [-0.25, -0.2) is 4.98 Å². The molecule has 0 aliphatic carbocycles. The number of carbonyl (C=O) groups excluding carboxylic acids is 1. The zero-order chi connectivity index (χ0) is 24.0. The molecule has 2 N–H and O–H groups in total. The van der Waals surface area contributed by atoms with Gasteiger partial charge in [-0.1, -0.05) is 48.0 Å². The fourth-order valence-corrected chi connectivity index (χ4v) is 4.29. The lowest BCUT2D eigenvalue weighted by Gasteiger charge is -2.31. The minimum atomic E-state index is -4.50. The van der Waals surface area contributed by atoms with E-state index >= 15 is 0 Å². The van der Waals surface area contributed by atoms with Crippen molar-refractivity contribution in [1.29, 1.82) is 0 Å². The highest BCUT2D eigenvalue weighted by Gasteiger charge is 2.35. The third kappa shape index (κ3) is 3.81. The summed E-state index contributed by atoms with van der Waals surface area (Å²) in [5.74, 6) is 0.109. The van der Waals surface area contributed by atoms with Crippen molar-refractivity contribution in [2.24, 2.45) is 0 Å². The van der Waals surface area contributed by atoms with Crippen LogP contribution >= 0.6 is 0 Å². The van der Waals surface area contributed by atoms with Gasteiger partial charge in [-0.05, 0) is 49.7 Å². The molecule has 5 nitrogen and oxygen atoms in total. The summed E-state index contributed by atoms with van der Waals surface area (Å²) >= 11 is 0. The average Bonchev–Trinajstić information content (AvgIpc) is 3.16. The summed E-state index contributed by atoms with van der Waals surface area (Å²) in [7, 11) is 0. The molecule has 1 amide bonds. The number of hydrogen-bond donors (Lipinski definition) is 2. The number of allylic oxidation sites excluding steroid dienone is 1. The topological polar surface area (TPSA) is 59.0 Å². The van der Waals surface area contributed by atoms with Gasteiger partial charge >= 0.3 is 6.18 Å². The molecule has 3 aromatic carbocycles. The second kappa shape index (κ2) is 8.06. The lowest BCUT2D eigenvalue weighted by atomic mass is 9.93. The standard InChI is InChI=1S/C26H21F3N4O/c1-15-10-12-17(13-11-15)23-22(24(34)31-19-7-5-6-18(14-19)26(27,28)29)16(2)30-25-32-20-8-3-4-9-21(20)33(23)25/h3-14,23H,1-2H3,(H,30,32)(H,31,34)/t23-/m1/s1. The lowest BCUT2D eigenvalue weighted by Crippen LogP contribution is -2.31. The van der Waals surface area contributed by atoms with E-state index in [1.807, 2.05) is 60.0 Å². The van der Waals surface area contributed by atoms with Crippen molar-refractivity contribution in [2.45, 2.75) is 26.1 Å². The van der Waals surface area contributed by atoms with Crippen molar-refractivity contribution in [2.75, 3.05) is 10.6 Å². The maximum atomic E-state index is 13.5. The first-order valence-corrected chi connectivity index (χ1v) is 10.7. The van der Waals surface area contributed by atoms with Crippen LogP contribution in [-0.2, 0) is 11.0 Å². The first-order chi connectivity index (χ1) is 16.2. The van der Waals surface area contributed by atoms with Gasteiger partial charge in [0.1, 0.15) is 0 Å². The third-order valence-electron chi connectivity index (χ3n) is 5.92. The zero-order valence-corrected chi connectivity index (χ0v) is 18.4. The van der Waals surface area contributed by atoms with Crippen LogP contribution in [0.2, 0.25) is 0 Å². The molecule has 1 aromatic heterocycles. The molecule has 0 unspecified atom stereocenters. The van der Waals surface area contributed by atoms with Gasteiger partial charge in [0.2, 0.25) is 5.95 Å². The number of aromatic nitrogens is 2. The van der Waals surface area contributed by atoms with E-state index < -0.39 is 23.7 Å². The Labute approximate surface area is 193 Å². The van der Waals surface area contributed by atoms with Crippen LogP contribution < -0.4 is 10.6 Å². The summed E-state index contributed by atoms with van der Waals surface area (Å²) in [4.78, 5) is 18.2. The average molecular weight is 462 g/mol. The third-order valence-corrected chi connectivity index (χ3v) is 5.92. The predicted molar refractivity (Wildman–Crippen MR) is 125 cm³/mol. The van der Waals surface area contributed by atoms with Gasteiger partial charge in [0.15, 0.2) is 0 Å². The highest BCUT2D eigenvalue weighted by molar-refractivity contribution is 6.06. The monoisotopic (exact) mass is 462 g/mol. The summed E-state index contributed by atoms with van der Waals surface area (Å²) in [6.45, 7) is 3.75. The highest BCUT2D eigenvalue weighted by atomic mass is 19.4. The Morgan fingerprint density at radius 1 is 1.00 bits per heavy atom. The summed E-state index contributed by atoms with van der Waals surface area (Å²) in [5.41, 5.74) is 3.78. The number of amides is 1. The van der Waals surface area contributed by atoms with Gasteiger partial charge in [-0.15, -0.1) is 0 Å². The number of alkyl halides is 3. The number of rotatable bonds is 3. The molecule has 5 rings (SSSR count). The van der Waals surface area contributed by atoms with E-state index in [0.29, 0.717) is 17.2 Å². The molecule has 1 aliphatic rings. The molecule has 34 heavy (non-hydrogen) atoms. The van der Waals surface area contributed by atoms with Crippen LogP contribution in [0.4, 0.5) is 24.8 Å². The van der Waals surface area contributed by atoms with Gasteiger partial charge < -0.3 is 10.6 Å². The number of halogens is 3. The Morgan fingerprint density at radius 3 is 2.47 bits per heavy atom. The number of nitrogens with zero attached hydrogens (tertiary/aromatic N) is 2. The van der Waals surface area contributed by atoms with Crippen molar-refractivity contribution in [3.63, 3.8) is 0 Å². The maximum Gasteiger partial charge on any atom is 0.416 e. The van der Waals surface area contributed by atoms with Gasteiger partial charge in [0.05, 0.1) is 28.2 Å². The number of aryl methyl sites for hydroxylation is 1. The first kappa shape index (κ1) is 21.8. The Balaban J connectivity index is 1.61. The molecule has 8 heteroatoms. The van der Waals surface area contributed by atoms with Gasteiger partial charge in [-0.2, -0.15) is 13.2 Å². The van der Waals surface area contributed by atoms with E-state index in [1.165, 1.54) is 12.1 Å². The second-order valence-corrected chi connectivity index (χ2v) is 8.30. The molecule has 172 valence electrons. The molecule has 4 aromatic rings. The summed E-state index contributed by atoms with van der Waals surface area (Å²) < 4.78 is 41.5. The molecule has 0 fully saturated rings. The minimum absolute atomic E-state index is 0.0732. The number of benzene rings is 3. The molecule has 0 bridgehead atoms. The normalized spacial score (nSPS) is 15.7. The van der Waals surface area contributed by atoms with E-state index in [-0.39, 0.29) is 5.69 Å². The molecular weight excluding hydrogens is 441 g/mol. The van der Waals surface area contributed by atoms with Crippen LogP contribution in [0.15, 0.2) is 84.1 Å². The fraction of sp³-hybridized carbons (Fsp3) is 0.154. The van der Waals surface area contributed by atoms with E-state index in [0.717, 1.165) is 34.3 Å². The largest absolute Gasteiger partial charge is 0.416 e. The zero-order valence-electron chi connectivity index (χ0n) is 18.4. The SMILES string of the molecule is CC1=C(C(=O)Nc2cccc(C(F)(F)F)c2)[C@@H](c2ccc(C)cc2)n2c(nc3ccccc32)N1. The molecule has 0 saturated heterocycles. The fourth-order valence-electron chi connectivity index (χ4n) is 4.29. The van der Waals surface area contributed by atoms with Crippen molar-refractivity contribution in [1.82, 2.24) is 9.55 Å². The highest BCUT2D eigenvalue weighted by Crippen LogP contribution is 2.39. The van der Waals surface area contributed by atoms with Crippen LogP contribution in [0.3, 0.4) is 0 Å². The Bertz CT molecular complexity index is 1430. The molecule has 1 aliphatic heterocycles. The van der Waals surface area contributed by atoms with Crippen molar-refractivity contribution in [3.8, 4) is 0 Å². The number of nitrogens with one attached hydrogen (secondary N) is 2. The van der Waals surface area contributed by atoms with Gasteiger partial charge in [-0.3, -0.25) is 9.36 Å². The first-order valence-electron chi connectivity index (χ1n) is 10.7. The lowest BCUT2D eigenvalue weighted by molar-refractivity contribution is -0.137. The smallest absolute Gasteiger partial charge is 0.329 e. The van der Waals surface area contributed by atoms with Crippen molar-refractivity contribution < 1.29 is 18.0 Å². The van der Waals surface area contributed by atoms with Crippen molar-refractivity contribution in [3.05, 3.63) is 101 Å². The summed E-state index contributed by atoms with van der Waals surface area (Å²) in [5, 5.41) is 5.87. The molecule has 1 atom stereocenters. The summed E-state index contributed by atoms with van der Waals surface area (Å²) in [6.07, 6.45) is -4.50. The van der Waals surface area contributed by atoms with E-state index in [1.54, 1.807) is 6.92 Å². The second-order valence-electron chi connectivity index (χ2n) is 8.30. The van der Waals surface area contributed by atoms with Gasteiger partial charge in [0, 0.05) is 11.4 Å². The predicted octanol–water partition coefficient (Wildman–Crippen LogP) is 6.29. The molecule has 0 radical (unpaired) electrons. The van der Waals surface area contributed by atoms with Crippen molar-refractivity contribution >= 4 is 28.6 Å². The molecule has 0 spiro atoms. The van der Waals surface area contributed by atoms with Gasteiger partial charge in [0.25, 0.3) is 5.91 Å². The van der Waals surface area contributed by atoms with Crippen LogP contribution in [-0.4, -0.2) is 15.5 Å². The number of carbonyl (C=O) groups is 1. The van der Waals surface area contributed by atoms with E-state index in [9.17, 15) is 18.0 Å². The minimum Gasteiger partial charge on any atom is -0.329 e. The van der Waals surface area contributed by atoms with Crippen LogP contribution in [0.25, 0.3) is 11.0 Å². The van der Waals surface area contributed by atoms with E-state index in [2.05, 4.69) is 15.6 Å². The number of fused-ring (bicyclic) bond motifs is 3. The Morgan fingerprint density at radius 2 is 1.74 bits per heavy atom. The Kier molecular flexibility index (Phi) is 5.16. The Hall–Kier alpha value is -4.07. The van der Waals surface area contributed by atoms with Crippen LogP contribution in [0.1, 0.15) is 29.7 Å². The van der Waals surface area contributed by atoms with Crippen LogP contribution in [0.5, 0.6) is 0 Å². The molecule has 0 saturated carbocycles. The molecule has 2 heterocycles. The van der Waals surface area contributed by atoms with Crippen LogP contribution in [0, 0.1) is 6.92 Å². The number of hydrogen-bond acceptors (Lipinski definition) is 3. The number of para-hydroxylation sites is 2. The number of anilines is 2.